The Labute approximate surface area is 215 Å². The molecule has 2 aliphatic heterocycles. The largest absolute Gasteiger partial charge is 0.456 e. The molecule has 1 saturated heterocycles. The summed E-state index contributed by atoms with van der Waals surface area (Å²) >= 11 is 1.12. The number of benzene rings is 2. The molecule has 2 atom stereocenters. The first-order chi connectivity index (χ1) is 17.4. The number of amides is 2. The molecule has 0 radical (unpaired) electrons. The van der Waals surface area contributed by atoms with Crippen molar-refractivity contribution in [1.29, 1.82) is 0 Å². The number of fused-ring (bicyclic) bond motifs is 1. The van der Waals surface area contributed by atoms with Crippen molar-refractivity contribution >= 4 is 45.4 Å². The molecule has 1 fully saturated rings. The number of esters is 1. The number of nitrogens with one attached hydrogen (secondary N) is 1. The van der Waals surface area contributed by atoms with Gasteiger partial charge >= 0.3 is 16.1 Å². The second-order valence-electron chi connectivity index (χ2n) is 8.25. The first-order valence-electron chi connectivity index (χ1n) is 10.8. The molecule has 14 heteroatoms. The van der Waals surface area contributed by atoms with Gasteiger partial charge in [-0.15, -0.1) is 11.8 Å². The van der Waals surface area contributed by atoms with E-state index in [9.17, 15) is 32.9 Å². The average molecular weight is 548 g/mol. The van der Waals surface area contributed by atoms with E-state index in [4.69, 9.17) is 8.92 Å². The molecular weight excluding hydrogens is 526 g/mol. The summed E-state index contributed by atoms with van der Waals surface area (Å²) in [4.78, 5) is 50.3. The summed E-state index contributed by atoms with van der Waals surface area (Å²) in [5, 5.41) is 12.8. The van der Waals surface area contributed by atoms with Crippen LogP contribution in [0.1, 0.15) is 18.1 Å². The Morgan fingerprint density at radius 1 is 1.19 bits per heavy atom. The topological polar surface area (TPSA) is 162 Å². The van der Waals surface area contributed by atoms with Gasteiger partial charge in [0.1, 0.15) is 12.0 Å². The second-order valence-corrected chi connectivity index (χ2v) is 10.9. The van der Waals surface area contributed by atoms with Crippen LogP contribution in [0.15, 0.2) is 66.1 Å². The van der Waals surface area contributed by atoms with Gasteiger partial charge in [0.15, 0.2) is 17.0 Å². The van der Waals surface area contributed by atoms with Gasteiger partial charge in [-0.25, -0.2) is 4.79 Å². The van der Waals surface area contributed by atoms with Crippen LogP contribution in [-0.2, 0) is 45.6 Å². The van der Waals surface area contributed by atoms with E-state index in [2.05, 4.69) is 5.32 Å². The van der Waals surface area contributed by atoms with Gasteiger partial charge in [0.2, 0.25) is 5.91 Å². The van der Waals surface area contributed by atoms with Gasteiger partial charge in [-0.05, 0) is 23.3 Å². The third kappa shape index (κ3) is 5.02. The predicted molar refractivity (Wildman–Crippen MR) is 131 cm³/mol. The molecule has 0 saturated carbocycles. The Morgan fingerprint density at radius 2 is 1.84 bits per heavy atom. The number of β-lactam (4-membered cyclic amide) rings is 1. The quantitative estimate of drug-likeness (QED) is 0.169. The number of ether oxygens (including phenoxy) is 1. The minimum Gasteiger partial charge on any atom is -0.456 e. The van der Waals surface area contributed by atoms with E-state index in [0.29, 0.717) is 11.1 Å². The van der Waals surface area contributed by atoms with Gasteiger partial charge in [-0.2, -0.15) is 8.42 Å². The maximum Gasteiger partial charge on any atom is 0.359 e. The monoisotopic (exact) mass is 547 g/mol. The third-order valence-corrected chi connectivity index (χ3v) is 7.42. The molecule has 2 heterocycles. The van der Waals surface area contributed by atoms with Gasteiger partial charge in [0.25, 0.3) is 11.6 Å². The Balaban J connectivity index is 1.67. The molecule has 0 aliphatic carbocycles. The van der Waals surface area contributed by atoms with Crippen LogP contribution in [0.3, 0.4) is 0 Å². The Kier molecular flexibility index (Phi) is 6.97. The number of rotatable bonds is 8. The van der Waals surface area contributed by atoms with Crippen molar-refractivity contribution in [1.82, 2.24) is 10.2 Å². The first kappa shape index (κ1) is 26.2. The Morgan fingerprint density at radius 3 is 2.41 bits per heavy atom. The van der Waals surface area contributed by atoms with Crippen LogP contribution in [0, 0.1) is 10.1 Å². The Hall–Kier alpha value is -3.91. The van der Waals surface area contributed by atoms with Crippen LogP contribution >= 0.6 is 11.8 Å². The second kappa shape index (κ2) is 9.86. The molecule has 2 aromatic rings. The number of carbonyl (C=O) groups is 3. The third-order valence-electron chi connectivity index (χ3n) is 5.60. The first-order valence-corrected chi connectivity index (χ1v) is 13.6. The molecule has 1 N–H and O–H groups in total. The number of nitrogens with zero attached hydrogens (tertiary/aromatic N) is 2. The lowest BCUT2D eigenvalue weighted by Gasteiger charge is -2.57. The fourth-order valence-electron chi connectivity index (χ4n) is 4.13. The van der Waals surface area contributed by atoms with Crippen LogP contribution in [0.4, 0.5) is 5.69 Å². The molecule has 12 nitrogen and oxygen atoms in total. The van der Waals surface area contributed by atoms with E-state index in [1.165, 1.54) is 31.2 Å². The highest BCUT2D eigenvalue weighted by molar-refractivity contribution is 8.00. The van der Waals surface area contributed by atoms with Crippen molar-refractivity contribution in [3.05, 3.63) is 87.3 Å². The molecule has 0 bridgehead atoms. The Bertz CT molecular complexity index is 1410. The number of hydrogen-bond donors (Lipinski definition) is 1. The van der Waals surface area contributed by atoms with E-state index in [0.717, 1.165) is 22.9 Å². The van der Waals surface area contributed by atoms with E-state index in [1.807, 2.05) is 0 Å². The van der Waals surface area contributed by atoms with Crippen LogP contribution in [0.2, 0.25) is 0 Å². The van der Waals surface area contributed by atoms with Gasteiger partial charge < -0.3 is 14.2 Å². The van der Waals surface area contributed by atoms with Gasteiger partial charge in [-0.1, -0.05) is 30.3 Å². The summed E-state index contributed by atoms with van der Waals surface area (Å²) in [5.74, 6) is -2.54. The zero-order chi connectivity index (χ0) is 27.0. The van der Waals surface area contributed by atoms with Crippen molar-refractivity contribution in [2.75, 3.05) is 12.0 Å². The molecule has 4 rings (SSSR count). The summed E-state index contributed by atoms with van der Waals surface area (Å²) in [6, 6.07) is 13.8. The molecule has 0 aromatic heterocycles. The molecule has 37 heavy (non-hydrogen) atoms. The van der Waals surface area contributed by atoms with Crippen molar-refractivity contribution in [2.24, 2.45) is 0 Å². The normalized spacial score (nSPS) is 21.0. The van der Waals surface area contributed by atoms with Crippen LogP contribution in [0.25, 0.3) is 0 Å². The van der Waals surface area contributed by atoms with Crippen molar-refractivity contribution in [2.45, 2.75) is 24.4 Å². The molecule has 2 amide bonds. The van der Waals surface area contributed by atoms with Crippen LogP contribution in [-0.4, -0.2) is 53.4 Å². The fourth-order valence-corrected chi connectivity index (χ4v) is 6.11. The number of nitro benzene ring substituents is 1. The van der Waals surface area contributed by atoms with E-state index in [-0.39, 0.29) is 23.8 Å². The lowest BCUT2D eigenvalue weighted by molar-refractivity contribution is -0.384. The lowest BCUT2D eigenvalue weighted by Crippen LogP contribution is -2.77. The van der Waals surface area contributed by atoms with Gasteiger partial charge in [-0.3, -0.25) is 24.6 Å². The number of carbonyl (C=O) groups excluding carboxylic acids is 3. The molecule has 1 unspecified atom stereocenters. The highest BCUT2D eigenvalue weighted by atomic mass is 32.2. The average Bonchev–Trinajstić information content (AvgIpc) is 2.85. The number of non-ortho nitro benzene ring substituents is 1. The number of hydrogen-bond acceptors (Lipinski definition) is 10. The fraction of sp³-hybridized carbons (Fsp3) is 0.261. The highest BCUT2D eigenvalue weighted by Crippen LogP contribution is 2.51. The molecule has 2 aliphatic rings. The number of nitro groups is 1. The minimum absolute atomic E-state index is 0.0996. The minimum atomic E-state index is -4.05. The highest BCUT2D eigenvalue weighted by Gasteiger charge is 2.66. The maximum atomic E-state index is 13.6. The SMILES string of the molecule is CC(=O)NC1(c2ccccc2)C(=O)N2C(C(=O)OCc3ccc([N+](=O)[O-])cc3)=C(OS(C)(=O)=O)CS[C@H]21. The van der Waals surface area contributed by atoms with E-state index in [1.54, 1.807) is 30.3 Å². The standard InChI is InChI=1S/C23H21N3O9S2/c1-14(27)24-23(16-6-4-3-5-7-16)21(29)25-19(18(13-36-22(23)25)35-37(2,32)33)20(28)34-12-15-8-10-17(11-9-15)26(30)31/h3-11,22H,12-13H2,1-2H3,(H,24,27)/t22-,23?/m0/s1. The van der Waals surface area contributed by atoms with Gasteiger partial charge in [0, 0.05) is 19.1 Å². The summed E-state index contributed by atoms with van der Waals surface area (Å²) < 4.78 is 34.1. The van der Waals surface area contributed by atoms with E-state index >= 15 is 0 Å². The molecule has 2 aromatic carbocycles. The maximum absolute atomic E-state index is 13.6. The van der Waals surface area contributed by atoms with Crippen molar-refractivity contribution in [3.8, 4) is 0 Å². The molecule has 194 valence electrons. The summed E-state index contributed by atoms with van der Waals surface area (Å²) in [6.45, 7) is 0.962. The zero-order valence-electron chi connectivity index (χ0n) is 19.6. The summed E-state index contributed by atoms with van der Waals surface area (Å²) in [7, 11) is -4.05. The molecular formula is C23H21N3O9S2. The smallest absolute Gasteiger partial charge is 0.359 e. The van der Waals surface area contributed by atoms with Gasteiger partial charge in [0.05, 0.1) is 16.9 Å². The van der Waals surface area contributed by atoms with Crippen LogP contribution in [0.5, 0.6) is 0 Å². The summed E-state index contributed by atoms with van der Waals surface area (Å²) in [5.41, 5.74) is -1.10. The van der Waals surface area contributed by atoms with Crippen molar-refractivity contribution < 1.29 is 36.6 Å². The summed E-state index contributed by atoms with van der Waals surface area (Å²) in [6.07, 6.45) is 0.806. The zero-order valence-corrected chi connectivity index (χ0v) is 21.2. The number of thioether (sulfide) groups is 1. The molecule has 0 spiro atoms. The predicted octanol–water partition coefficient (Wildman–Crippen LogP) is 1.77. The van der Waals surface area contributed by atoms with Crippen LogP contribution < -0.4 is 5.32 Å². The van der Waals surface area contributed by atoms with E-state index < -0.39 is 49.4 Å². The lowest BCUT2D eigenvalue weighted by atomic mass is 9.79. The van der Waals surface area contributed by atoms with Crippen molar-refractivity contribution in [3.63, 3.8) is 0 Å².